The first-order valence-corrected chi connectivity index (χ1v) is 6.01. The van der Waals surface area contributed by atoms with E-state index in [1.54, 1.807) is 18.7 Å². The van der Waals surface area contributed by atoms with E-state index in [9.17, 15) is 0 Å². The van der Waals surface area contributed by atoms with E-state index in [0.717, 1.165) is 22.3 Å². The minimum Gasteiger partial charge on any atom is -0.484 e. The number of furan rings is 1. The monoisotopic (exact) mass is 296 g/mol. The summed E-state index contributed by atoms with van der Waals surface area (Å²) in [6.07, 6.45) is 5.11. The van der Waals surface area contributed by atoms with Crippen molar-refractivity contribution in [2.24, 2.45) is 0 Å². The largest absolute Gasteiger partial charge is 0.484 e. The number of hydrogen-bond donors (Lipinski definition) is 1. The summed E-state index contributed by atoms with van der Waals surface area (Å²) in [5.74, 6) is 1.51. The third kappa shape index (κ3) is 3.57. The fourth-order valence-electron chi connectivity index (χ4n) is 1.42. The van der Waals surface area contributed by atoms with Gasteiger partial charge >= 0.3 is 0 Å². The molecule has 0 unspecified atom stereocenters. The number of nitrogens with zero attached hydrogens (tertiary/aromatic N) is 1. The summed E-state index contributed by atoms with van der Waals surface area (Å²) in [6, 6.07) is 3.84. The van der Waals surface area contributed by atoms with Crippen molar-refractivity contribution in [1.82, 2.24) is 10.3 Å². The smallest absolute Gasteiger partial charge is 0.146 e. The zero-order chi connectivity index (χ0) is 12.1. The molecule has 0 radical (unpaired) electrons. The second-order valence-corrected chi connectivity index (χ2v) is 4.49. The molecular formula is C12H13BrN2O2. The molecule has 2 heterocycles. The van der Waals surface area contributed by atoms with E-state index in [2.05, 4.69) is 26.2 Å². The van der Waals surface area contributed by atoms with Crippen molar-refractivity contribution in [1.29, 1.82) is 0 Å². The van der Waals surface area contributed by atoms with Gasteiger partial charge < -0.3 is 14.5 Å². The van der Waals surface area contributed by atoms with Gasteiger partial charge in [-0.3, -0.25) is 4.98 Å². The molecule has 0 amide bonds. The molecule has 0 saturated heterocycles. The van der Waals surface area contributed by atoms with Crippen LogP contribution in [-0.4, -0.2) is 12.0 Å². The highest BCUT2D eigenvalue weighted by atomic mass is 79.9. The van der Waals surface area contributed by atoms with Crippen molar-refractivity contribution in [3.63, 3.8) is 0 Å². The molecule has 90 valence electrons. The Morgan fingerprint density at radius 2 is 2.29 bits per heavy atom. The maximum atomic E-state index is 5.56. The number of hydrogen-bond acceptors (Lipinski definition) is 4. The minimum atomic E-state index is 0.405. The van der Waals surface area contributed by atoms with Crippen LogP contribution in [0.4, 0.5) is 0 Å². The van der Waals surface area contributed by atoms with Gasteiger partial charge in [0.1, 0.15) is 18.1 Å². The molecule has 0 saturated carbocycles. The normalized spacial score (nSPS) is 10.5. The highest BCUT2D eigenvalue weighted by Gasteiger charge is 2.02. The zero-order valence-electron chi connectivity index (χ0n) is 9.44. The average Bonchev–Trinajstić information content (AvgIpc) is 2.75. The van der Waals surface area contributed by atoms with Crippen LogP contribution in [0.3, 0.4) is 0 Å². The third-order valence-corrected chi connectivity index (χ3v) is 2.58. The second kappa shape index (κ2) is 5.84. The summed E-state index contributed by atoms with van der Waals surface area (Å²) in [4.78, 5) is 4.02. The highest BCUT2D eigenvalue weighted by Crippen LogP contribution is 2.17. The van der Waals surface area contributed by atoms with Gasteiger partial charge in [-0.25, -0.2) is 0 Å². The summed E-state index contributed by atoms with van der Waals surface area (Å²) >= 11 is 3.34. The first-order valence-electron chi connectivity index (χ1n) is 5.22. The van der Waals surface area contributed by atoms with Crippen molar-refractivity contribution >= 4 is 15.9 Å². The Labute approximate surface area is 108 Å². The number of nitrogens with one attached hydrogen (secondary N) is 1. The van der Waals surface area contributed by atoms with Crippen LogP contribution in [0.15, 0.2) is 39.7 Å². The molecule has 0 aliphatic rings. The molecule has 0 aliphatic carbocycles. The molecule has 0 aliphatic heterocycles. The Kier molecular flexibility index (Phi) is 4.17. The standard InChI is InChI=1S/C12H13BrN2O2/c1-14-4-9-2-12(16-7-9)8-17-11-3-10(13)5-15-6-11/h2-3,5-7,14H,4,8H2,1H3. The van der Waals surface area contributed by atoms with Gasteiger partial charge in [-0.05, 0) is 35.1 Å². The molecule has 1 N–H and O–H groups in total. The number of rotatable bonds is 5. The lowest BCUT2D eigenvalue weighted by Crippen LogP contribution is -2.03. The highest BCUT2D eigenvalue weighted by molar-refractivity contribution is 9.10. The minimum absolute atomic E-state index is 0.405. The van der Waals surface area contributed by atoms with Crippen LogP contribution in [0.5, 0.6) is 5.75 Å². The van der Waals surface area contributed by atoms with Crippen LogP contribution in [-0.2, 0) is 13.2 Å². The number of pyridine rings is 1. The summed E-state index contributed by atoms with van der Waals surface area (Å²) in [6.45, 7) is 1.20. The fraction of sp³-hybridized carbons (Fsp3) is 0.250. The fourth-order valence-corrected chi connectivity index (χ4v) is 1.77. The van der Waals surface area contributed by atoms with Gasteiger partial charge in [0.15, 0.2) is 0 Å². The third-order valence-electron chi connectivity index (χ3n) is 2.15. The van der Waals surface area contributed by atoms with Crippen molar-refractivity contribution in [3.8, 4) is 5.75 Å². The van der Waals surface area contributed by atoms with Gasteiger partial charge in [-0.2, -0.15) is 0 Å². The maximum absolute atomic E-state index is 5.56. The van der Waals surface area contributed by atoms with Gasteiger partial charge in [0.25, 0.3) is 0 Å². The van der Waals surface area contributed by atoms with Gasteiger partial charge in [0.2, 0.25) is 0 Å². The van der Waals surface area contributed by atoms with E-state index in [1.165, 1.54) is 0 Å². The molecule has 0 bridgehead atoms. The molecular weight excluding hydrogens is 284 g/mol. The first kappa shape index (κ1) is 12.1. The van der Waals surface area contributed by atoms with Crippen molar-refractivity contribution < 1.29 is 9.15 Å². The van der Waals surface area contributed by atoms with Crippen molar-refractivity contribution in [2.45, 2.75) is 13.2 Å². The van der Waals surface area contributed by atoms with E-state index in [-0.39, 0.29) is 0 Å². The summed E-state index contributed by atoms with van der Waals surface area (Å²) in [5, 5.41) is 3.06. The van der Waals surface area contributed by atoms with Crippen LogP contribution in [0.1, 0.15) is 11.3 Å². The average molecular weight is 297 g/mol. The van der Waals surface area contributed by atoms with Gasteiger partial charge in [-0.1, -0.05) is 0 Å². The van der Waals surface area contributed by atoms with Crippen LogP contribution in [0.25, 0.3) is 0 Å². The molecule has 4 nitrogen and oxygen atoms in total. The Balaban J connectivity index is 1.93. The molecule has 5 heteroatoms. The van der Waals surface area contributed by atoms with Gasteiger partial charge in [-0.15, -0.1) is 0 Å². The lowest BCUT2D eigenvalue weighted by molar-refractivity contribution is 0.269. The molecule has 2 aromatic heterocycles. The van der Waals surface area contributed by atoms with E-state index < -0.39 is 0 Å². The van der Waals surface area contributed by atoms with E-state index in [4.69, 9.17) is 9.15 Å². The zero-order valence-corrected chi connectivity index (χ0v) is 11.0. The molecule has 0 aromatic carbocycles. The van der Waals surface area contributed by atoms with Crippen LogP contribution >= 0.6 is 15.9 Å². The van der Waals surface area contributed by atoms with E-state index >= 15 is 0 Å². The number of aromatic nitrogens is 1. The van der Waals surface area contributed by atoms with Crippen molar-refractivity contribution in [2.75, 3.05) is 7.05 Å². The Hall–Kier alpha value is -1.33. The van der Waals surface area contributed by atoms with Crippen molar-refractivity contribution in [3.05, 3.63) is 46.6 Å². The van der Waals surface area contributed by atoms with E-state index in [0.29, 0.717) is 12.4 Å². The molecule has 0 fully saturated rings. The van der Waals surface area contributed by atoms with Gasteiger partial charge in [0.05, 0.1) is 12.5 Å². The van der Waals surface area contributed by atoms with Crippen LogP contribution in [0, 0.1) is 0 Å². The number of ether oxygens (including phenoxy) is 1. The molecule has 2 rings (SSSR count). The second-order valence-electron chi connectivity index (χ2n) is 3.58. The summed E-state index contributed by atoms with van der Waals surface area (Å²) in [5.41, 5.74) is 1.11. The Bertz CT molecular complexity index is 485. The topological polar surface area (TPSA) is 47.3 Å². The predicted molar refractivity (Wildman–Crippen MR) is 67.7 cm³/mol. The molecule has 0 spiro atoms. The lowest BCUT2D eigenvalue weighted by atomic mass is 10.3. The summed E-state index contributed by atoms with van der Waals surface area (Å²) in [7, 11) is 1.90. The first-order chi connectivity index (χ1) is 8.28. The SMILES string of the molecule is CNCc1coc(COc2cncc(Br)c2)c1. The van der Waals surface area contributed by atoms with E-state index in [1.807, 2.05) is 19.2 Å². The molecule has 2 aromatic rings. The number of halogens is 1. The van der Waals surface area contributed by atoms with Crippen LogP contribution < -0.4 is 10.1 Å². The molecule has 0 atom stereocenters. The lowest BCUT2D eigenvalue weighted by Gasteiger charge is -2.03. The Morgan fingerprint density at radius 3 is 3.06 bits per heavy atom. The Morgan fingerprint density at radius 1 is 1.41 bits per heavy atom. The molecule has 17 heavy (non-hydrogen) atoms. The van der Waals surface area contributed by atoms with Crippen LogP contribution in [0.2, 0.25) is 0 Å². The van der Waals surface area contributed by atoms with Gasteiger partial charge in [0, 0.05) is 22.8 Å². The summed E-state index contributed by atoms with van der Waals surface area (Å²) < 4.78 is 11.8. The maximum Gasteiger partial charge on any atom is 0.146 e. The quantitative estimate of drug-likeness (QED) is 0.922. The predicted octanol–water partition coefficient (Wildman–Crippen LogP) is 2.74.